The number of thioether (sulfide) groups is 1. The second-order valence-electron chi connectivity index (χ2n) is 5.72. The van der Waals surface area contributed by atoms with E-state index in [1.54, 1.807) is 34.9 Å². The first-order valence-corrected chi connectivity index (χ1v) is 9.59. The molecule has 0 radical (unpaired) electrons. The monoisotopic (exact) mass is 374 g/mol. The highest BCUT2D eigenvalue weighted by molar-refractivity contribution is 7.99. The molecule has 0 aromatic heterocycles. The predicted molar refractivity (Wildman–Crippen MR) is 104 cm³/mol. The average molecular weight is 375 g/mol. The largest absolute Gasteiger partial charge is 0.321 e. The summed E-state index contributed by atoms with van der Waals surface area (Å²) in [4.78, 5) is 27.1. The summed E-state index contributed by atoms with van der Waals surface area (Å²) in [7, 11) is 0. The van der Waals surface area contributed by atoms with Crippen LogP contribution in [0.15, 0.2) is 47.4 Å². The minimum atomic E-state index is -0.195. The Morgan fingerprint density at radius 2 is 2.00 bits per heavy atom. The van der Waals surface area contributed by atoms with Crippen molar-refractivity contribution in [2.75, 3.05) is 22.5 Å². The maximum absolute atomic E-state index is 12.5. The third-order valence-corrected chi connectivity index (χ3v) is 5.20. The van der Waals surface area contributed by atoms with Crippen LogP contribution >= 0.6 is 23.4 Å². The van der Waals surface area contributed by atoms with Crippen molar-refractivity contribution in [1.82, 2.24) is 0 Å². The van der Waals surface area contributed by atoms with E-state index in [2.05, 4.69) is 12.2 Å². The van der Waals surface area contributed by atoms with Crippen molar-refractivity contribution in [2.45, 2.75) is 24.7 Å². The van der Waals surface area contributed by atoms with Gasteiger partial charge in [0.25, 0.3) is 5.91 Å². The van der Waals surface area contributed by atoms with Crippen molar-refractivity contribution in [3.63, 3.8) is 0 Å². The van der Waals surface area contributed by atoms with E-state index in [4.69, 9.17) is 11.6 Å². The molecule has 6 heteroatoms. The zero-order valence-electron chi connectivity index (χ0n) is 13.9. The minimum Gasteiger partial charge on any atom is -0.321 e. The van der Waals surface area contributed by atoms with Gasteiger partial charge in [-0.05, 0) is 54.6 Å². The van der Waals surface area contributed by atoms with Crippen LogP contribution in [0.4, 0.5) is 11.4 Å². The van der Waals surface area contributed by atoms with Crippen LogP contribution in [0.1, 0.15) is 30.1 Å². The van der Waals surface area contributed by atoms with Crippen molar-refractivity contribution in [3.8, 4) is 0 Å². The highest BCUT2D eigenvalue weighted by atomic mass is 35.5. The van der Waals surface area contributed by atoms with Gasteiger partial charge in [0.1, 0.15) is 0 Å². The predicted octanol–water partition coefficient (Wildman–Crippen LogP) is 4.83. The van der Waals surface area contributed by atoms with Gasteiger partial charge >= 0.3 is 0 Å². The van der Waals surface area contributed by atoms with Crippen LogP contribution in [0, 0.1) is 0 Å². The van der Waals surface area contributed by atoms with Gasteiger partial charge in [-0.3, -0.25) is 9.59 Å². The van der Waals surface area contributed by atoms with Gasteiger partial charge in [-0.15, -0.1) is 11.8 Å². The molecular formula is C19H19ClN2O2S. The summed E-state index contributed by atoms with van der Waals surface area (Å²) in [6.45, 7) is 2.80. The van der Waals surface area contributed by atoms with Crippen LogP contribution < -0.4 is 10.2 Å². The summed E-state index contributed by atoms with van der Waals surface area (Å²) in [5.41, 5.74) is 2.09. The van der Waals surface area contributed by atoms with Gasteiger partial charge in [-0.2, -0.15) is 0 Å². The normalized spacial score (nSPS) is 14.0. The van der Waals surface area contributed by atoms with Gasteiger partial charge in [0.15, 0.2) is 0 Å². The lowest BCUT2D eigenvalue weighted by molar-refractivity contribution is -0.117. The highest BCUT2D eigenvalue weighted by Crippen LogP contribution is 2.30. The fourth-order valence-corrected chi connectivity index (χ4v) is 3.70. The molecule has 1 N–H and O–H groups in total. The van der Waals surface area contributed by atoms with E-state index in [-0.39, 0.29) is 11.8 Å². The average Bonchev–Trinajstić information content (AvgIpc) is 3.03. The van der Waals surface area contributed by atoms with Gasteiger partial charge in [-0.1, -0.05) is 18.5 Å². The molecule has 1 aliphatic rings. The third kappa shape index (κ3) is 4.17. The lowest BCUT2D eigenvalue weighted by Crippen LogP contribution is -2.23. The number of hydrogen-bond acceptors (Lipinski definition) is 3. The summed E-state index contributed by atoms with van der Waals surface area (Å²) in [6.07, 6.45) is 1.47. The van der Waals surface area contributed by atoms with Gasteiger partial charge in [0, 0.05) is 34.1 Å². The number of hydrogen-bond donors (Lipinski definition) is 1. The number of anilines is 2. The molecule has 0 atom stereocenters. The minimum absolute atomic E-state index is 0.136. The molecule has 0 aliphatic carbocycles. The molecule has 4 nitrogen and oxygen atoms in total. The fraction of sp³-hybridized carbons (Fsp3) is 0.263. The first-order valence-electron chi connectivity index (χ1n) is 8.22. The van der Waals surface area contributed by atoms with Gasteiger partial charge in [0.05, 0.1) is 5.69 Å². The van der Waals surface area contributed by atoms with E-state index in [0.29, 0.717) is 22.7 Å². The molecule has 1 heterocycles. The third-order valence-electron chi connectivity index (χ3n) is 4.00. The number of rotatable bonds is 5. The Morgan fingerprint density at radius 1 is 1.24 bits per heavy atom. The zero-order valence-corrected chi connectivity index (χ0v) is 15.5. The molecule has 0 bridgehead atoms. The van der Waals surface area contributed by atoms with Crippen LogP contribution in [-0.2, 0) is 4.79 Å². The second kappa shape index (κ2) is 7.93. The summed E-state index contributed by atoms with van der Waals surface area (Å²) < 4.78 is 0. The summed E-state index contributed by atoms with van der Waals surface area (Å²) in [5, 5.41) is 3.51. The number of amides is 2. The van der Waals surface area contributed by atoms with E-state index in [9.17, 15) is 9.59 Å². The van der Waals surface area contributed by atoms with Crippen molar-refractivity contribution in [1.29, 1.82) is 0 Å². The molecule has 3 rings (SSSR count). The molecule has 1 fully saturated rings. The van der Waals surface area contributed by atoms with Crippen LogP contribution in [0.2, 0.25) is 5.02 Å². The van der Waals surface area contributed by atoms with E-state index < -0.39 is 0 Å². The Kier molecular flexibility index (Phi) is 5.66. The van der Waals surface area contributed by atoms with Crippen LogP contribution in [-0.4, -0.2) is 24.1 Å². The van der Waals surface area contributed by atoms with E-state index >= 15 is 0 Å². The van der Waals surface area contributed by atoms with Gasteiger partial charge < -0.3 is 10.2 Å². The quantitative estimate of drug-likeness (QED) is 0.762. The number of carbonyl (C=O) groups excluding carboxylic acids is 2. The Morgan fingerprint density at radius 3 is 2.64 bits per heavy atom. The van der Waals surface area contributed by atoms with Gasteiger partial charge in [-0.25, -0.2) is 0 Å². The smallest absolute Gasteiger partial charge is 0.255 e. The lowest BCUT2D eigenvalue weighted by atomic mass is 10.1. The Balaban J connectivity index is 1.75. The highest BCUT2D eigenvalue weighted by Gasteiger charge is 2.21. The van der Waals surface area contributed by atoms with E-state index in [1.807, 2.05) is 24.3 Å². The number of carbonyl (C=O) groups is 2. The zero-order chi connectivity index (χ0) is 17.8. The number of halogens is 1. The van der Waals surface area contributed by atoms with Crippen molar-refractivity contribution < 1.29 is 9.59 Å². The lowest BCUT2D eigenvalue weighted by Gasteiger charge is -2.16. The molecular weight excluding hydrogens is 356 g/mol. The van der Waals surface area contributed by atoms with Crippen LogP contribution in [0.3, 0.4) is 0 Å². The standard InChI is InChI=1S/C19H19ClN2O2S/c1-2-25-17-10-7-14(20)12-16(17)21-19(24)13-5-8-15(9-6-13)22-11-3-4-18(22)23/h5-10,12H,2-4,11H2,1H3,(H,21,24). The maximum atomic E-state index is 12.5. The summed E-state index contributed by atoms with van der Waals surface area (Å²) in [6, 6.07) is 12.6. The summed E-state index contributed by atoms with van der Waals surface area (Å²) in [5.74, 6) is 0.847. The van der Waals surface area contributed by atoms with Crippen molar-refractivity contribution in [2.24, 2.45) is 0 Å². The fourth-order valence-electron chi connectivity index (χ4n) is 2.79. The number of benzene rings is 2. The topological polar surface area (TPSA) is 49.4 Å². The molecule has 0 spiro atoms. The summed E-state index contributed by atoms with van der Waals surface area (Å²) >= 11 is 7.71. The van der Waals surface area contributed by atoms with Gasteiger partial charge in [0.2, 0.25) is 5.91 Å². The molecule has 1 aliphatic heterocycles. The van der Waals surface area contributed by atoms with Crippen molar-refractivity contribution in [3.05, 3.63) is 53.1 Å². The Bertz CT molecular complexity index is 793. The first-order chi connectivity index (χ1) is 12.1. The number of nitrogens with zero attached hydrogens (tertiary/aromatic N) is 1. The Labute approximate surface area is 156 Å². The molecule has 2 aromatic carbocycles. The second-order valence-corrected chi connectivity index (χ2v) is 7.47. The van der Waals surface area contributed by atoms with Crippen LogP contribution in [0.25, 0.3) is 0 Å². The SMILES string of the molecule is CCSc1ccc(Cl)cc1NC(=O)c1ccc(N2CCCC2=O)cc1. The van der Waals surface area contributed by atoms with E-state index in [1.165, 1.54) is 0 Å². The van der Waals surface area contributed by atoms with Crippen LogP contribution in [0.5, 0.6) is 0 Å². The van der Waals surface area contributed by atoms with E-state index in [0.717, 1.165) is 29.3 Å². The first kappa shape index (κ1) is 17.8. The molecule has 25 heavy (non-hydrogen) atoms. The molecule has 2 aromatic rings. The maximum Gasteiger partial charge on any atom is 0.255 e. The Hall–Kier alpha value is -1.98. The molecule has 0 unspecified atom stereocenters. The molecule has 130 valence electrons. The molecule has 2 amide bonds. The van der Waals surface area contributed by atoms with Crippen molar-refractivity contribution >= 4 is 46.6 Å². The molecule has 0 saturated carbocycles. The number of nitrogens with one attached hydrogen (secondary N) is 1. The molecule has 1 saturated heterocycles.